The highest BCUT2D eigenvalue weighted by molar-refractivity contribution is 7.92. The monoisotopic (exact) mass is 531 g/mol. The normalized spacial score (nSPS) is 11.0. The second-order valence-corrected chi connectivity index (χ2v) is 9.51. The number of aromatic nitrogens is 2. The molecule has 1 heterocycles. The second-order valence-electron chi connectivity index (χ2n) is 6.54. The average molecular weight is 533 g/mol. The fraction of sp³-hybridized carbons (Fsp3) is 0.105. The zero-order chi connectivity index (χ0) is 24.3. The minimum absolute atomic E-state index is 0.0198. The first-order valence-corrected chi connectivity index (χ1v) is 11.9. The molecule has 2 aromatic carbocycles. The molecule has 0 aliphatic carbocycles. The summed E-state index contributed by atoms with van der Waals surface area (Å²) in [5.74, 6) is -2.13. The molecule has 0 radical (unpaired) electrons. The summed E-state index contributed by atoms with van der Waals surface area (Å²) in [7, 11) is -3.65. The maximum absolute atomic E-state index is 15.0. The van der Waals surface area contributed by atoms with Crippen molar-refractivity contribution in [1.82, 2.24) is 15.3 Å². The van der Waals surface area contributed by atoms with Crippen LogP contribution in [0, 0.1) is 17.1 Å². The summed E-state index contributed by atoms with van der Waals surface area (Å²) in [4.78, 5) is 18.6. The van der Waals surface area contributed by atoms with E-state index >= 15 is 4.39 Å². The number of H-pyrrole nitrogens is 1. The Morgan fingerprint density at radius 1 is 1.27 bits per heavy atom. The molecular weight excluding hydrogens is 520 g/mol. The maximum Gasteiger partial charge on any atom is 0.273 e. The second kappa shape index (κ2) is 9.84. The lowest BCUT2D eigenvalue weighted by Crippen LogP contribution is -2.24. The molecule has 0 saturated carbocycles. The molecule has 0 bridgehead atoms. The summed E-state index contributed by atoms with van der Waals surface area (Å²) >= 11 is 17.9. The molecule has 14 heteroatoms. The molecule has 3 rings (SSSR count). The molecule has 0 aliphatic rings. The van der Waals surface area contributed by atoms with Gasteiger partial charge in [0.25, 0.3) is 5.91 Å². The van der Waals surface area contributed by atoms with Crippen molar-refractivity contribution in [2.75, 3.05) is 11.0 Å². The van der Waals surface area contributed by atoms with E-state index in [9.17, 15) is 13.2 Å². The quantitative estimate of drug-likeness (QED) is 0.410. The van der Waals surface area contributed by atoms with E-state index in [1.165, 1.54) is 30.3 Å². The van der Waals surface area contributed by atoms with E-state index in [1.807, 2.05) is 10.8 Å². The van der Waals surface area contributed by atoms with Crippen LogP contribution in [-0.4, -0.2) is 30.5 Å². The van der Waals surface area contributed by atoms with Crippen molar-refractivity contribution >= 4 is 56.7 Å². The Bertz CT molecular complexity index is 1390. The van der Waals surface area contributed by atoms with E-state index in [0.29, 0.717) is 0 Å². The van der Waals surface area contributed by atoms with Gasteiger partial charge in [-0.25, -0.2) is 17.8 Å². The summed E-state index contributed by atoms with van der Waals surface area (Å²) < 4.78 is 45.2. The summed E-state index contributed by atoms with van der Waals surface area (Å²) in [6.45, 7) is -0.296. The van der Waals surface area contributed by atoms with Gasteiger partial charge in [0.15, 0.2) is 17.3 Å². The molecule has 0 unspecified atom stereocenters. The van der Waals surface area contributed by atoms with Gasteiger partial charge in [-0.05, 0) is 24.3 Å². The van der Waals surface area contributed by atoms with Crippen LogP contribution in [0.3, 0.4) is 0 Å². The van der Waals surface area contributed by atoms with E-state index in [-0.39, 0.29) is 56.0 Å². The predicted octanol–water partition coefficient (Wildman–Crippen LogP) is 4.47. The van der Waals surface area contributed by atoms with Gasteiger partial charge < -0.3 is 15.0 Å². The van der Waals surface area contributed by atoms with Gasteiger partial charge in [0.1, 0.15) is 10.9 Å². The molecule has 9 nitrogen and oxygen atoms in total. The fourth-order valence-corrected chi connectivity index (χ4v) is 3.67. The van der Waals surface area contributed by atoms with Crippen molar-refractivity contribution in [3.8, 4) is 17.6 Å². The third kappa shape index (κ3) is 6.27. The van der Waals surface area contributed by atoms with Gasteiger partial charge >= 0.3 is 0 Å². The molecule has 3 N–H and O–H groups in total. The lowest BCUT2D eigenvalue weighted by Gasteiger charge is -2.13. The molecule has 1 amide bonds. The summed E-state index contributed by atoms with van der Waals surface area (Å²) in [5.41, 5.74) is -0.0684. The van der Waals surface area contributed by atoms with Crippen LogP contribution in [0.25, 0.3) is 0 Å². The Labute approximate surface area is 202 Å². The first-order valence-electron chi connectivity index (χ1n) is 8.83. The van der Waals surface area contributed by atoms with Gasteiger partial charge in [-0.15, -0.1) is 0 Å². The number of hydrogen-bond acceptors (Lipinski definition) is 6. The maximum atomic E-state index is 15.0. The van der Waals surface area contributed by atoms with Crippen LogP contribution in [0.2, 0.25) is 15.2 Å². The number of anilines is 1. The number of nitrogens with zero attached hydrogens (tertiary/aromatic N) is 2. The van der Waals surface area contributed by atoms with Gasteiger partial charge in [0.2, 0.25) is 16.0 Å². The number of sulfonamides is 1. The molecule has 0 fully saturated rings. The molecule has 0 spiro atoms. The van der Waals surface area contributed by atoms with Crippen LogP contribution >= 0.6 is 34.8 Å². The highest BCUT2D eigenvalue weighted by Gasteiger charge is 2.20. The predicted molar refractivity (Wildman–Crippen MR) is 121 cm³/mol. The largest absolute Gasteiger partial charge is 0.453 e. The van der Waals surface area contributed by atoms with Gasteiger partial charge in [-0.3, -0.25) is 9.52 Å². The molecule has 0 saturated heterocycles. The number of imidazole rings is 1. The molecular formula is C19H13Cl3FN5O4S. The number of carbonyl (C=O) groups excluding carboxylic acids is 1. The Balaban J connectivity index is 1.78. The van der Waals surface area contributed by atoms with Crippen LogP contribution in [0.15, 0.2) is 30.3 Å². The van der Waals surface area contributed by atoms with Crippen LogP contribution in [0.5, 0.6) is 11.5 Å². The van der Waals surface area contributed by atoms with E-state index in [4.69, 9.17) is 44.8 Å². The lowest BCUT2D eigenvalue weighted by atomic mass is 10.2. The summed E-state index contributed by atoms with van der Waals surface area (Å²) in [5, 5.41) is 11.4. The number of aromatic amines is 1. The SMILES string of the molecule is CS(=O)(=O)Nc1nc(C(=O)NCc2ccc(Cl)c(Oc3cc(Cl)cc(C#N)c3)c2F)c(Cl)[nH]1. The van der Waals surface area contributed by atoms with E-state index < -0.39 is 21.7 Å². The van der Waals surface area contributed by atoms with Gasteiger partial charge in [-0.2, -0.15) is 5.26 Å². The highest BCUT2D eigenvalue weighted by atomic mass is 35.5. The first kappa shape index (κ1) is 24.6. The van der Waals surface area contributed by atoms with Crippen molar-refractivity contribution in [2.45, 2.75) is 6.54 Å². The van der Waals surface area contributed by atoms with Crippen molar-refractivity contribution < 1.29 is 22.3 Å². The standard InChI is InChI=1S/C19H13Cl3FN5O4S/c1-33(30,31)28-19-26-15(17(22)27-19)18(29)25-8-10-2-3-13(21)16(14(10)23)32-12-5-9(7-24)4-11(20)6-12/h2-6H,8H2,1H3,(H,25,29)(H2,26,27,28). The van der Waals surface area contributed by atoms with Crippen LogP contribution < -0.4 is 14.8 Å². The topological polar surface area (TPSA) is 137 Å². The molecule has 0 aliphatic heterocycles. The first-order chi connectivity index (χ1) is 15.5. The number of carbonyl (C=O) groups is 1. The lowest BCUT2D eigenvalue weighted by molar-refractivity contribution is 0.0946. The fourth-order valence-electron chi connectivity index (χ4n) is 2.59. The zero-order valence-electron chi connectivity index (χ0n) is 16.5. The van der Waals surface area contributed by atoms with Crippen molar-refractivity contribution in [1.29, 1.82) is 5.26 Å². The Morgan fingerprint density at radius 3 is 2.67 bits per heavy atom. The Hall–Kier alpha value is -3.04. The Kier molecular flexibility index (Phi) is 7.34. The van der Waals surface area contributed by atoms with E-state index in [0.717, 1.165) is 6.26 Å². The number of nitrogens with one attached hydrogen (secondary N) is 3. The number of hydrogen-bond donors (Lipinski definition) is 3. The number of benzene rings is 2. The molecule has 3 aromatic rings. The molecule has 172 valence electrons. The van der Waals surface area contributed by atoms with E-state index in [1.54, 1.807) is 0 Å². The smallest absolute Gasteiger partial charge is 0.273 e. The van der Waals surface area contributed by atoms with Crippen LogP contribution in [0.1, 0.15) is 21.6 Å². The number of nitriles is 1. The number of halogens is 4. The minimum Gasteiger partial charge on any atom is -0.453 e. The summed E-state index contributed by atoms with van der Waals surface area (Å²) in [6.07, 6.45) is 0.899. The van der Waals surface area contributed by atoms with Gasteiger partial charge in [-0.1, -0.05) is 40.9 Å². The average Bonchev–Trinajstić information content (AvgIpc) is 3.08. The van der Waals surface area contributed by atoms with Crippen LogP contribution in [0.4, 0.5) is 10.3 Å². The zero-order valence-corrected chi connectivity index (χ0v) is 19.6. The van der Waals surface area contributed by atoms with E-state index in [2.05, 4.69) is 15.3 Å². The number of amides is 1. The van der Waals surface area contributed by atoms with Gasteiger partial charge in [0, 0.05) is 17.1 Å². The van der Waals surface area contributed by atoms with Crippen molar-refractivity contribution in [3.63, 3.8) is 0 Å². The van der Waals surface area contributed by atoms with Crippen molar-refractivity contribution in [2.24, 2.45) is 0 Å². The number of ether oxygens (including phenoxy) is 1. The molecule has 1 aromatic heterocycles. The highest BCUT2D eigenvalue weighted by Crippen LogP contribution is 2.35. The molecule has 33 heavy (non-hydrogen) atoms. The Morgan fingerprint density at radius 2 is 2.00 bits per heavy atom. The third-order valence-corrected chi connectivity index (χ3v) is 5.30. The van der Waals surface area contributed by atoms with Crippen molar-refractivity contribution in [3.05, 3.63) is 68.2 Å². The van der Waals surface area contributed by atoms with Gasteiger partial charge in [0.05, 0.1) is 22.9 Å². The third-order valence-electron chi connectivity index (χ3n) is 3.95. The molecule has 0 atom stereocenters. The summed E-state index contributed by atoms with van der Waals surface area (Å²) in [6, 6.07) is 8.77. The van der Waals surface area contributed by atoms with Crippen LogP contribution in [-0.2, 0) is 16.6 Å². The number of rotatable bonds is 7. The minimum atomic E-state index is -3.65.